The first-order valence-corrected chi connectivity index (χ1v) is 7.87. The number of imidazole rings is 1. The van der Waals surface area contributed by atoms with Crippen molar-refractivity contribution in [2.24, 2.45) is 5.92 Å². The Morgan fingerprint density at radius 2 is 2.05 bits per heavy atom. The summed E-state index contributed by atoms with van der Waals surface area (Å²) >= 11 is 7.42. The Kier molecular flexibility index (Phi) is 3.78. The summed E-state index contributed by atoms with van der Waals surface area (Å²) in [6.07, 6.45) is 1.70. The van der Waals surface area contributed by atoms with Crippen LogP contribution in [0.3, 0.4) is 0 Å². The first-order chi connectivity index (χ1) is 10.1. The van der Waals surface area contributed by atoms with Crippen LogP contribution in [0.4, 0.5) is 0 Å². The van der Waals surface area contributed by atoms with Crippen LogP contribution < -0.4 is 0 Å². The summed E-state index contributed by atoms with van der Waals surface area (Å²) in [7, 11) is 0. The van der Waals surface area contributed by atoms with E-state index >= 15 is 0 Å². The molecule has 0 unspecified atom stereocenters. The maximum absolute atomic E-state index is 11.5. The van der Waals surface area contributed by atoms with E-state index in [-0.39, 0.29) is 0 Å². The fourth-order valence-corrected chi connectivity index (χ4v) is 3.40. The highest BCUT2D eigenvalue weighted by Gasteiger charge is 2.17. The van der Waals surface area contributed by atoms with Crippen molar-refractivity contribution in [3.8, 4) is 11.3 Å². The predicted octanol–water partition coefficient (Wildman–Crippen LogP) is 4.12. The SMILES string of the molecule is CC(C)Cc1nn2c(C=O)c(-c3ccc(Cl)cc3)nc2s1. The van der Waals surface area contributed by atoms with E-state index in [9.17, 15) is 4.79 Å². The zero-order chi connectivity index (χ0) is 15.0. The van der Waals surface area contributed by atoms with Crippen molar-refractivity contribution >= 4 is 34.2 Å². The Bertz CT molecular complexity index is 789. The summed E-state index contributed by atoms with van der Waals surface area (Å²) in [4.78, 5) is 16.8. The van der Waals surface area contributed by atoms with Gasteiger partial charge in [-0.3, -0.25) is 4.79 Å². The molecule has 0 saturated carbocycles. The molecule has 3 rings (SSSR count). The van der Waals surface area contributed by atoms with Gasteiger partial charge in [0.25, 0.3) is 0 Å². The van der Waals surface area contributed by atoms with Crippen molar-refractivity contribution in [2.75, 3.05) is 0 Å². The quantitative estimate of drug-likeness (QED) is 0.679. The Morgan fingerprint density at radius 3 is 2.67 bits per heavy atom. The number of halogens is 1. The Hall–Kier alpha value is -1.72. The van der Waals surface area contributed by atoms with Crippen molar-refractivity contribution < 1.29 is 4.79 Å². The van der Waals surface area contributed by atoms with Crippen LogP contribution in [0.5, 0.6) is 0 Å². The third kappa shape index (κ3) is 2.71. The topological polar surface area (TPSA) is 47.3 Å². The molecule has 108 valence electrons. The van der Waals surface area contributed by atoms with E-state index in [1.807, 2.05) is 12.1 Å². The monoisotopic (exact) mass is 319 g/mol. The third-order valence-electron chi connectivity index (χ3n) is 3.09. The molecule has 0 saturated heterocycles. The minimum atomic E-state index is 0.485. The summed E-state index contributed by atoms with van der Waals surface area (Å²) in [6, 6.07) is 7.29. The molecule has 0 atom stereocenters. The molecule has 0 spiro atoms. The van der Waals surface area contributed by atoms with Crippen LogP contribution >= 0.6 is 22.9 Å². The van der Waals surface area contributed by atoms with Gasteiger partial charge in [0, 0.05) is 17.0 Å². The van der Waals surface area contributed by atoms with Gasteiger partial charge in [0.2, 0.25) is 4.96 Å². The Morgan fingerprint density at radius 1 is 1.33 bits per heavy atom. The fraction of sp³-hybridized carbons (Fsp3) is 0.267. The maximum Gasteiger partial charge on any atom is 0.213 e. The number of hydrogen-bond acceptors (Lipinski definition) is 4. The average molecular weight is 320 g/mol. The highest BCUT2D eigenvalue weighted by molar-refractivity contribution is 7.16. The molecule has 1 aromatic carbocycles. The van der Waals surface area contributed by atoms with Crippen molar-refractivity contribution in [3.05, 3.63) is 40.0 Å². The standard InChI is InChI=1S/C15H14ClN3OS/c1-9(2)7-13-18-19-12(8-20)14(17-15(19)21-13)10-3-5-11(16)6-4-10/h3-6,8-9H,7H2,1-2H3. The second-order valence-electron chi connectivity index (χ2n) is 5.26. The number of rotatable bonds is 4. The van der Waals surface area contributed by atoms with Gasteiger partial charge in [-0.1, -0.05) is 48.9 Å². The number of carbonyl (C=O) groups excluding carboxylic acids is 1. The summed E-state index contributed by atoms with van der Waals surface area (Å²) in [5, 5.41) is 6.16. The molecule has 0 aliphatic heterocycles. The fourth-order valence-electron chi connectivity index (χ4n) is 2.16. The van der Waals surface area contributed by atoms with Gasteiger partial charge in [-0.05, 0) is 18.1 Å². The van der Waals surface area contributed by atoms with Crippen LogP contribution in [0.25, 0.3) is 16.2 Å². The zero-order valence-electron chi connectivity index (χ0n) is 11.7. The molecule has 6 heteroatoms. The van der Waals surface area contributed by atoms with Crippen LogP contribution in [-0.2, 0) is 6.42 Å². The van der Waals surface area contributed by atoms with Gasteiger partial charge >= 0.3 is 0 Å². The van der Waals surface area contributed by atoms with E-state index in [4.69, 9.17) is 11.6 Å². The first kappa shape index (κ1) is 14.2. The molecule has 0 N–H and O–H groups in total. The number of nitrogens with zero attached hydrogens (tertiary/aromatic N) is 3. The van der Waals surface area contributed by atoms with Crippen LogP contribution in [0.15, 0.2) is 24.3 Å². The lowest BCUT2D eigenvalue weighted by Gasteiger charge is -2.00. The number of aromatic nitrogens is 3. The van der Waals surface area contributed by atoms with E-state index in [0.717, 1.165) is 28.2 Å². The van der Waals surface area contributed by atoms with E-state index < -0.39 is 0 Å². The van der Waals surface area contributed by atoms with Gasteiger partial charge in [0.1, 0.15) is 16.4 Å². The lowest BCUT2D eigenvalue weighted by Crippen LogP contribution is -1.98. The molecular formula is C15H14ClN3OS. The van der Waals surface area contributed by atoms with Crippen LogP contribution in [-0.4, -0.2) is 20.9 Å². The molecule has 21 heavy (non-hydrogen) atoms. The van der Waals surface area contributed by atoms with Gasteiger partial charge in [0.05, 0.1) is 0 Å². The molecule has 2 heterocycles. The minimum absolute atomic E-state index is 0.485. The van der Waals surface area contributed by atoms with Gasteiger partial charge in [-0.25, -0.2) is 4.98 Å². The molecular weight excluding hydrogens is 306 g/mol. The number of hydrogen-bond donors (Lipinski definition) is 0. The minimum Gasteiger partial charge on any atom is -0.296 e. The van der Waals surface area contributed by atoms with Gasteiger partial charge in [-0.15, -0.1) is 0 Å². The van der Waals surface area contributed by atoms with Crippen molar-refractivity contribution in [1.29, 1.82) is 0 Å². The number of carbonyl (C=O) groups is 1. The molecule has 0 aliphatic carbocycles. The summed E-state index contributed by atoms with van der Waals surface area (Å²) in [6.45, 7) is 4.29. The highest BCUT2D eigenvalue weighted by atomic mass is 35.5. The molecule has 2 aromatic heterocycles. The van der Waals surface area contributed by atoms with E-state index in [2.05, 4.69) is 23.9 Å². The molecule has 4 nitrogen and oxygen atoms in total. The van der Waals surface area contributed by atoms with Crippen molar-refractivity contribution in [1.82, 2.24) is 14.6 Å². The Balaban J connectivity index is 2.10. The smallest absolute Gasteiger partial charge is 0.213 e. The van der Waals surface area contributed by atoms with Gasteiger partial charge in [-0.2, -0.15) is 9.61 Å². The summed E-state index contributed by atoms with van der Waals surface area (Å²) in [5.74, 6) is 0.524. The highest BCUT2D eigenvalue weighted by Crippen LogP contribution is 2.27. The average Bonchev–Trinajstić information content (AvgIpc) is 2.95. The molecule has 0 radical (unpaired) electrons. The van der Waals surface area contributed by atoms with Crippen molar-refractivity contribution in [2.45, 2.75) is 20.3 Å². The normalized spacial score (nSPS) is 11.4. The largest absolute Gasteiger partial charge is 0.296 e. The predicted molar refractivity (Wildman–Crippen MR) is 85.2 cm³/mol. The van der Waals surface area contributed by atoms with E-state index in [0.29, 0.717) is 22.3 Å². The number of benzene rings is 1. The molecule has 0 amide bonds. The first-order valence-electron chi connectivity index (χ1n) is 6.68. The van der Waals surface area contributed by atoms with Crippen LogP contribution in [0, 0.1) is 5.92 Å². The van der Waals surface area contributed by atoms with Crippen LogP contribution in [0.2, 0.25) is 5.02 Å². The molecule has 0 aliphatic rings. The Labute approximate surface area is 131 Å². The summed E-state index contributed by atoms with van der Waals surface area (Å²) < 4.78 is 1.64. The lowest BCUT2D eigenvalue weighted by atomic mass is 10.1. The van der Waals surface area contributed by atoms with Gasteiger partial charge < -0.3 is 0 Å². The number of aldehydes is 1. The molecule has 0 fully saturated rings. The second kappa shape index (κ2) is 5.58. The maximum atomic E-state index is 11.5. The van der Waals surface area contributed by atoms with Crippen molar-refractivity contribution in [3.63, 3.8) is 0 Å². The lowest BCUT2D eigenvalue weighted by molar-refractivity contribution is 0.111. The zero-order valence-corrected chi connectivity index (χ0v) is 13.3. The van der Waals surface area contributed by atoms with Crippen LogP contribution in [0.1, 0.15) is 29.3 Å². The molecule has 3 aromatic rings. The van der Waals surface area contributed by atoms with E-state index in [1.54, 1.807) is 16.6 Å². The van der Waals surface area contributed by atoms with Gasteiger partial charge in [0.15, 0.2) is 6.29 Å². The second-order valence-corrected chi connectivity index (χ2v) is 6.74. The third-order valence-corrected chi connectivity index (χ3v) is 4.27. The summed E-state index contributed by atoms with van der Waals surface area (Å²) in [5.41, 5.74) is 2.00. The van der Waals surface area contributed by atoms with E-state index in [1.165, 1.54) is 11.3 Å². The number of fused-ring (bicyclic) bond motifs is 1. The molecule has 0 bridgehead atoms.